The van der Waals surface area contributed by atoms with Crippen molar-refractivity contribution >= 4 is 28.8 Å². The van der Waals surface area contributed by atoms with Gasteiger partial charge in [0.25, 0.3) is 5.24 Å². The summed E-state index contributed by atoms with van der Waals surface area (Å²) in [5, 5.41) is 3.94. The number of nitrogens with zero attached hydrogens (tertiary/aromatic N) is 4. The number of aromatic nitrogens is 2. The summed E-state index contributed by atoms with van der Waals surface area (Å²) in [4.78, 5) is 38.6. The highest BCUT2D eigenvalue weighted by Gasteiger charge is 2.43. The molecule has 0 saturated carbocycles. The molecule has 0 spiro atoms. The first-order valence-electron chi connectivity index (χ1n) is 8.06. The maximum absolute atomic E-state index is 13.0. The van der Waals surface area contributed by atoms with Gasteiger partial charge < -0.3 is 4.90 Å². The Bertz CT molecular complexity index is 860. The van der Waals surface area contributed by atoms with Crippen LogP contribution in [0.3, 0.4) is 0 Å². The Morgan fingerprint density at radius 3 is 2.58 bits per heavy atom. The molecule has 4 rings (SSSR count). The van der Waals surface area contributed by atoms with Crippen molar-refractivity contribution in [3.63, 3.8) is 0 Å². The molecule has 2 saturated heterocycles. The monoisotopic (exact) mass is 374 g/mol. The largest absolute Gasteiger partial charge is 0.337 e. The van der Waals surface area contributed by atoms with E-state index in [9.17, 15) is 18.8 Å². The second-order valence-electron chi connectivity index (χ2n) is 6.20. The van der Waals surface area contributed by atoms with Crippen molar-refractivity contribution in [1.82, 2.24) is 19.6 Å². The van der Waals surface area contributed by atoms with Gasteiger partial charge in [-0.3, -0.25) is 24.0 Å². The van der Waals surface area contributed by atoms with Crippen LogP contribution in [0.15, 0.2) is 36.7 Å². The molecule has 2 aliphatic heterocycles. The molecule has 3 heterocycles. The molecular weight excluding hydrogens is 359 g/mol. The van der Waals surface area contributed by atoms with Gasteiger partial charge in [0.1, 0.15) is 12.4 Å². The Kier molecular flexibility index (Phi) is 4.23. The van der Waals surface area contributed by atoms with Crippen LogP contribution in [0.2, 0.25) is 0 Å². The number of benzene rings is 1. The minimum absolute atomic E-state index is 0.0740. The standard InChI is InChI=1S/C17H15FN4O3S/c18-13-3-1-11(2-4-13)12-5-19-21(6-12)9-15(23)20-7-14(8-20)22-16(24)10-26-17(22)25/h1-6,14H,7-10H2. The van der Waals surface area contributed by atoms with E-state index in [1.165, 1.54) is 21.7 Å². The lowest BCUT2D eigenvalue weighted by atomic mass is 10.1. The average Bonchev–Trinajstić information content (AvgIpc) is 3.16. The van der Waals surface area contributed by atoms with Gasteiger partial charge in [-0.1, -0.05) is 23.9 Å². The molecule has 2 fully saturated rings. The number of carbonyl (C=O) groups excluding carboxylic acids is 3. The summed E-state index contributed by atoms with van der Waals surface area (Å²) in [6.45, 7) is 0.802. The zero-order valence-corrected chi connectivity index (χ0v) is 14.5. The van der Waals surface area contributed by atoms with Crippen LogP contribution in [0.5, 0.6) is 0 Å². The first kappa shape index (κ1) is 16.8. The van der Waals surface area contributed by atoms with Crippen LogP contribution in [-0.4, -0.2) is 61.5 Å². The van der Waals surface area contributed by atoms with Crippen LogP contribution in [-0.2, 0) is 16.1 Å². The Morgan fingerprint density at radius 1 is 1.19 bits per heavy atom. The van der Waals surface area contributed by atoms with Gasteiger partial charge in [-0.15, -0.1) is 0 Å². The molecule has 2 aliphatic rings. The molecule has 0 N–H and O–H groups in total. The van der Waals surface area contributed by atoms with Crippen molar-refractivity contribution < 1.29 is 18.8 Å². The molecular formula is C17H15FN4O3S. The SMILES string of the molecule is O=C(Cn1cc(-c2ccc(F)cc2)cn1)N1CC(N2C(=O)CSC2=O)C1. The van der Waals surface area contributed by atoms with Crippen molar-refractivity contribution in [3.8, 4) is 11.1 Å². The number of hydrogen-bond acceptors (Lipinski definition) is 5. The van der Waals surface area contributed by atoms with Crippen molar-refractivity contribution in [3.05, 3.63) is 42.5 Å². The zero-order valence-electron chi connectivity index (χ0n) is 13.7. The lowest BCUT2D eigenvalue weighted by molar-refractivity contribution is -0.142. The number of likely N-dealkylation sites (tertiary alicyclic amines) is 1. The van der Waals surface area contributed by atoms with E-state index in [0.717, 1.165) is 22.9 Å². The highest BCUT2D eigenvalue weighted by molar-refractivity contribution is 8.14. The molecule has 0 unspecified atom stereocenters. The Labute approximate surface area is 152 Å². The fraction of sp³-hybridized carbons (Fsp3) is 0.294. The van der Waals surface area contributed by atoms with E-state index >= 15 is 0 Å². The minimum atomic E-state index is -0.308. The van der Waals surface area contributed by atoms with E-state index in [4.69, 9.17) is 0 Å². The number of imide groups is 1. The number of rotatable bonds is 4. The lowest BCUT2D eigenvalue weighted by Gasteiger charge is -2.42. The van der Waals surface area contributed by atoms with Gasteiger partial charge in [-0.2, -0.15) is 5.10 Å². The van der Waals surface area contributed by atoms with Gasteiger partial charge in [-0.05, 0) is 17.7 Å². The molecule has 9 heteroatoms. The summed E-state index contributed by atoms with van der Waals surface area (Å²) >= 11 is 1.00. The van der Waals surface area contributed by atoms with E-state index in [1.54, 1.807) is 29.4 Å². The summed E-state index contributed by atoms with van der Waals surface area (Å²) in [7, 11) is 0. The van der Waals surface area contributed by atoms with Crippen LogP contribution >= 0.6 is 11.8 Å². The summed E-state index contributed by atoms with van der Waals surface area (Å²) in [5.41, 5.74) is 1.61. The first-order chi connectivity index (χ1) is 12.5. The molecule has 0 atom stereocenters. The van der Waals surface area contributed by atoms with Gasteiger partial charge in [0.15, 0.2) is 0 Å². The number of halogens is 1. The van der Waals surface area contributed by atoms with Gasteiger partial charge in [0.2, 0.25) is 11.8 Å². The molecule has 1 aromatic heterocycles. The molecule has 0 bridgehead atoms. The minimum Gasteiger partial charge on any atom is -0.337 e. The van der Waals surface area contributed by atoms with Crippen LogP contribution in [0.25, 0.3) is 11.1 Å². The maximum Gasteiger partial charge on any atom is 0.289 e. The predicted octanol–water partition coefficient (Wildman–Crippen LogP) is 1.60. The van der Waals surface area contributed by atoms with Crippen molar-refractivity contribution in [1.29, 1.82) is 0 Å². The molecule has 134 valence electrons. The van der Waals surface area contributed by atoms with Crippen LogP contribution in [0.4, 0.5) is 9.18 Å². The highest BCUT2D eigenvalue weighted by Crippen LogP contribution is 2.26. The molecule has 0 aliphatic carbocycles. The van der Waals surface area contributed by atoms with E-state index in [2.05, 4.69) is 5.10 Å². The van der Waals surface area contributed by atoms with Crippen LogP contribution in [0, 0.1) is 5.82 Å². The normalized spacial score (nSPS) is 17.7. The third kappa shape index (κ3) is 3.10. The summed E-state index contributed by atoms with van der Waals surface area (Å²) in [5.74, 6) is -0.435. The van der Waals surface area contributed by atoms with E-state index < -0.39 is 0 Å². The average molecular weight is 374 g/mol. The third-order valence-electron chi connectivity index (χ3n) is 4.47. The van der Waals surface area contributed by atoms with Crippen molar-refractivity contribution in [2.75, 3.05) is 18.8 Å². The second kappa shape index (κ2) is 6.56. The number of hydrogen-bond donors (Lipinski definition) is 0. The lowest BCUT2D eigenvalue weighted by Crippen LogP contribution is -2.62. The van der Waals surface area contributed by atoms with Gasteiger partial charge >= 0.3 is 0 Å². The van der Waals surface area contributed by atoms with Crippen molar-refractivity contribution in [2.24, 2.45) is 0 Å². The summed E-state index contributed by atoms with van der Waals surface area (Å²) < 4.78 is 14.5. The molecule has 2 aromatic rings. The third-order valence-corrected chi connectivity index (χ3v) is 5.31. The van der Waals surface area contributed by atoms with Crippen LogP contribution < -0.4 is 0 Å². The van der Waals surface area contributed by atoms with Crippen LogP contribution in [0.1, 0.15) is 0 Å². The molecule has 26 heavy (non-hydrogen) atoms. The van der Waals surface area contributed by atoms with Gasteiger partial charge in [0.05, 0.1) is 18.0 Å². The summed E-state index contributed by atoms with van der Waals surface area (Å²) in [6.07, 6.45) is 3.35. The number of carbonyl (C=O) groups is 3. The fourth-order valence-corrected chi connectivity index (χ4v) is 3.80. The Hall–Kier alpha value is -2.68. The molecule has 1 aromatic carbocycles. The maximum atomic E-state index is 13.0. The fourth-order valence-electron chi connectivity index (χ4n) is 3.02. The van der Waals surface area contributed by atoms with E-state index in [1.807, 2.05) is 0 Å². The topological polar surface area (TPSA) is 75.5 Å². The zero-order chi connectivity index (χ0) is 18.3. The molecule has 0 radical (unpaired) electrons. The van der Waals surface area contributed by atoms with E-state index in [-0.39, 0.29) is 41.2 Å². The smallest absolute Gasteiger partial charge is 0.289 e. The Balaban J connectivity index is 1.34. The highest BCUT2D eigenvalue weighted by atomic mass is 32.2. The van der Waals surface area contributed by atoms with Gasteiger partial charge in [-0.25, -0.2) is 4.39 Å². The quantitative estimate of drug-likeness (QED) is 0.813. The Morgan fingerprint density at radius 2 is 1.92 bits per heavy atom. The summed E-state index contributed by atoms with van der Waals surface area (Å²) in [6, 6.07) is 5.83. The van der Waals surface area contributed by atoms with Crippen molar-refractivity contribution in [2.45, 2.75) is 12.6 Å². The molecule has 3 amide bonds. The second-order valence-corrected chi connectivity index (χ2v) is 7.13. The molecule has 7 nitrogen and oxygen atoms in total. The van der Waals surface area contributed by atoms with E-state index in [0.29, 0.717) is 13.1 Å². The number of thioether (sulfide) groups is 1. The van der Waals surface area contributed by atoms with Gasteiger partial charge in [0, 0.05) is 24.8 Å². The number of amides is 3. The predicted molar refractivity (Wildman–Crippen MR) is 92.7 cm³/mol. The first-order valence-corrected chi connectivity index (χ1v) is 9.05.